The van der Waals surface area contributed by atoms with Crippen molar-refractivity contribution in [1.29, 1.82) is 0 Å². The number of carbonyl (C=O) groups is 4. The smallest absolute Gasteiger partial charge is 0.329 e. The van der Waals surface area contributed by atoms with Gasteiger partial charge in [0.05, 0.1) is 13.7 Å². The quantitative estimate of drug-likeness (QED) is 0.346. The molecule has 0 aliphatic carbocycles. The van der Waals surface area contributed by atoms with Gasteiger partial charge in [0.2, 0.25) is 0 Å². The van der Waals surface area contributed by atoms with E-state index in [1.165, 1.54) is 31.4 Å². The van der Waals surface area contributed by atoms with Crippen LogP contribution in [0.15, 0.2) is 24.3 Å². The number of ether oxygens (including phenoxy) is 2. The fourth-order valence-electron chi connectivity index (χ4n) is 2.03. The van der Waals surface area contributed by atoms with E-state index in [2.05, 4.69) is 40.6 Å². The van der Waals surface area contributed by atoms with Crippen LogP contribution in [-0.4, -0.2) is 61.1 Å². The van der Waals surface area contributed by atoms with E-state index in [9.17, 15) is 19.2 Å². The maximum Gasteiger partial charge on any atom is 0.329 e. The Morgan fingerprint density at radius 3 is 1.85 bits per heavy atom. The molecule has 27 heavy (non-hydrogen) atoms. The second-order valence-electron chi connectivity index (χ2n) is 5.27. The average molecular weight is 415 g/mol. The third kappa shape index (κ3) is 6.79. The van der Waals surface area contributed by atoms with E-state index >= 15 is 0 Å². The number of methoxy groups -OCH3 is 1. The lowest BCUT2D eigenvalue weighted by Gasteiger charge is -2.16. The Balaban J connectivity index is 2.88. The molecule has 2 atom stereocenters. The van der Waals surface area contributed by atoms with Crippen molar-refractivity contribution in [3.8, 4) is 0 Å². The largest absolute Gasteiger partial charge is 0.467 e. The Morgan fingerprint density at radius 1 is 0.963 bits per heavy atom. The first-order valence-corrected chi connectivity index (χ1v) is 9.32. The predicted octanol–water partition coefficient (Wildman–Crippen LogP) is 0.479. The molecule has 0 aliphatic heterocycles. The maximum atomic E-state index is 12.4. The first-order valence-electron chi connectivity index (χ1n) is 8.05. The summed E-state index contributed by atoms with van der Waals surface area (Å²) in [5.74, 6) is -2.22. The summed E-state index contributed by atoms with van der Waals surface area (Å²) < 4.78 is 9.45. The van der Waals surface area contributed by atoms with E-state index < -0.39 is 35.8 Å². The van der Waals surface area contributed by atoms with Gasteiger partial charge >= 0.3 is 11.9 Å². The van der Waals surface area contributed by atoms with Crippen LogP contribution in [0.2, 0.25) is 0 Å². The summed E-state index contributed by atoms with van der Waals surface area (Å²) in [5.41, 5.74) is 0.330. The summed E-state index contributed by atoms with van der Waals surface area (Å²) in [6.45, 7) is 1.84. The van der Waals surface area contributed by atoms with Gasteiger partial charge in [-0.15, -0.1) is 0 Å². The Morgan fingerprint density at radius 2 is 1.44 bits per heavy atom. The van der Waals surface area contributed by atoms with Crippen LogP contribution in [0.25, 0.3) is 0 Å². The van der Waals surface area contributed by atoms with Crippen molar-refractivity contribution in [1.82, 2.24) is 10.6 Å². The van der Waals surface area contributed by atoms with E-state index in [0.29, 0.717) is 0 Å². The number of benzene rings is 1. The highest BCUT2D eigenvalue weighted by molar-refractivity contribution is 7.80. The number of rotatable bonds is 9. The fourth-order valence-corrected chi connectivity index (χ4v) is 2.51. The summed E-state index contributed by atoms with van der Waals surface area (Å²) >= 11 is 8.04. The number of nitrogens with one attached hydrogen (secondary N) is 2. The molecule has 8 nitrogen and oxygen atoms in total. The predicted molar refractivity (Wildman–Crippen MR) is 105 cm³/mol. The van der Waals surface area contributed by atoms with Crippen molar-refractivity contribution in [2.24, 2.45) is 0 Å². The van der Waals surface area contributed by atoms with Crippen LogP contribution in [-0.2, 0) is 19.1 Å². The van der Waals surface area contributed by atoms with Gasteiger partial charge in [-0.2, -0.15) is 25.3 Å². The van der Waals surface area contributed by atoms with Crippen LogP contribution in [0.3, 0.4) is 0 Å². The highest BCUT2D eigenvalue weighted by atomic mass is 32.1. The third-order valence-electron chi connectivity index (χ3n) is 3.42. The van der Waals surface area contributed by atoms with Gasteiger partial charge < -0.3 is 20.1 Å². The molecule has 0 heterocycles. The van der Waals surface area contributed by atoms with E-state index in [0.717, 1.165) is 0 Å². The lowest BCUT2D eigenvalue weighted by Crippen LogP contribution is -2.44. The highest BCUT2D eigenvalue weighted by Crippen LogP contribution is 2.07. The minimum absolute atomic E-state index is 0.0573. The van der Waals surface area contributed by atoms with Gasteiger partial charge in [-0.3, -0.25) is 9.59 Å². The van der Waals surface area contributed by atoms with Crippen molar-refractivity contribution in [2.45, 2.75) is 19.0 Å². The lowest BCUT2D eigenvalue weighted by molar-refractivity contribution is -0.145. The molecule has 1 rings (SSSR count). The first kappa shape index (κ1) is 22.8. The monoisotopic (exact) mass is 414 g/mol. The number of thiol groups is 2. The first-order chi connectivity index (χ1) is 12.9. The normalized spacial score (nSPS) is 12.4. The molecule has 1 aromatic rings. The van der Waals surface area contributed by atoms with Crippen LogP contribution in [0.1, 0.15) is 27.6 Å². The zero-order valence-electron chi connectivity index (χ0n) is 14.9. The lowest BCUT2D eigenvalue weighted by atomic mass is 10.1. The Hall–Kier alpha value is -2.20. The summed E-state index contributed by atoms with van der Waals surface area (Å²) in [5, 5.41) is 4.98. The minimum atomic E-state index is -0.916. The maximum absolute atomic E-state index is 12.4. The Labute approximate surface area is 168 Å². The van der Waals surface area contributed by atoms with Gasteiger partial charge in [0, 0.05) is 22.6 Å². The van der Waals surface area contributed by atoms with Crippen molar-refractivity contribution in [3.63, 3.8) is 0 Å². The van der Waals surface area contributed by atoms with E-state index in [4.69, 9.17) is 4.74 Å². The van der Waals surface area contributed by atoms with Gasteiger partial charge in [0.25, 0.3) is 11.8 Å². The molecule has 0 aliphatic rings. The molecule has 0 aromatic heterocycles. The number of carbonyl (C=O) groups excluding carboxylic acids is 4. The summed E-state index contributed by atoms with van der Waals surface area (Å²) in [7, 11) is 1.21. The summed E-state index contributed by atoms with van der Waals surface area (Å²) in [4.78, 5) is 48.0. The molecule has 0 saturated heterocycles. The average Bonchev–Trinajstić information content (AvgIpc) is 2.69. The van der Waals surface area contributed by atoms with Crippen LogP contribution >= 0.6 is 25.3 Å². The fraction of sp³-hybridized carbons (Fsp3) is 0.412. The van der Waals surface area contributed by atoms with Crippen LogP contribution in [0.5, 0.6) is 0 Å². The third-order valence-corrected chi connectivity index (χ3v) is 4.15. The Bertz CT molecular complexity index is 698. The summed E-state index contributed by atoms with van der Waals surface area (Å²) in [6.07, 6.45) is 0. The second-order valence-corrected chi connectivity index (χ2v) is 6.00. The molecule has 148 valence electrons. The molecule has 0 radical (unpaired) electrons. The van der Waals surface area contributed by atoms with Crippen molar-refractivity contribution >= 4 is 49.0 Å². The van der Waals surface area contributed by atoms with E-state index in [1.54, 1.807) is 6.92 Å². The van der Waals surface area contributed by atoms with Crippen LogP contribution in [0, 0.1) is 0 Å². The molecular formula is C17H22N2O6S2. The number of amides is 2. The molecule has 0 unspecified atom stereocenters. The zero-order valence-corrected chi connectivity index (χ0v) is 16.7. The van der Waals surface area contributed by atoms with Crippen LogP contribution < -0.4 is 10.6 Å². The molecule has 2 N–H and O–H groups in total. The topological polar surface area (TPSA) is 111 Å². The molecule has 0 fully saturated rings. The van der Waals surface area contributed by atoms with Gasteiger partial charge in [-0.1, -0.05) is 6.07 Å². The van der Waals surface area contributed by atoms with E-state index in [1.807, 2.05) is 0 Å². The number of esters is 2. The zero-order chi connectivity index (χ0) is 20.4. The second kappa shape index (κ2) is 11.5. The molecule has 0 bridgehead atoms. The van der Waals surface area contributed by atoms with Crippen LogP contribution in [0.4, 0.5) is 0 Å². The Kier molecular flexibility index (Phi) is 9.73. The van der Waals surface area contributed by atoms with Crippen molar-refractivity contribution in [2.75, 3.05) is 25.2 Å². The van der Waals surface area contributed by atoms with Gasteiger partial charge in [-0.25, -0.2) is 9.59 Å². The van der Waals surface area contributed by atoms with Gasteiger partial charge in [-0.05, 0) is 25.1 Å². The summed E-state index contributed by atoms with van der Waals surface area (Å²) in [6, 6.07) is 4.01. The molecular weight excluding hydrogens is 392 g/mol. The van der Waals surface area contributed by atoms with Crippen molar-refractivity contribution in [3.05, 3.63) is 35.4 Å². The van der Waals surface area contributed by atoms with Crippen molar-refractivity contribution < 1.29 is 28.7 Å². The molecule has 10 heteroatoms. The number of hydrogen-bond donors (Lipinski definition) is 4. The molecule has 1 aromatic carbocycles. The van der Waals surface area contributed by atoms with Gasteiger partial charge in [0.1, 0.15) is 12.1 Å². The van der Waals surface area contributed by atoms with E-state index in [-0.39, 0.29) is 29.2 Å². The molecule has 0 saturated carbocycles. The SMILES string of the molecule is CCOC(=O)[C@H](CS)NC(=O)c1cccc(C(=O)N[C@@H](CS)C(=O)OC)c1. The highest BCUT2D eigenvalue weighted by Gasteiger charge is 2.23. The molecule has 2 amide bonds. The molecule has 0 spiro atoms. The minimum Gasteiger partial charge on any atom is -0.467 e. The van der Waals surface area contributed by atoms with Gasteiger partial charge in [0.15, 0.2) is 0 Å². The standard InChI is InChI=1S/C17H22N2O6S2/c1-3-25-17(23)13(9-27)19-15(21)11-6-4-5-10(7-11)14(20)18-12(8-26)16(22)24-2/h4-7,12-13,26-27H,3,8-9H2,1-2H3,(H,18,20)(H,19,21)/t12-,13-/m0/s1. The number of hydrogen-bond acceptors (Lipinski definition) is 8.